The van der Waals surface area contributed by atoms with Gasteiger partial charge in [-0.05, 0) is 111 Å². The molecule has 99 heavy (non-hydrogen) atoms. The molecule has 27 nitrogen and oxygen atoms in total. The van der Waals surface area contributed by atoms with Crippen molar-refractivity contribution in [3.8, 4) is 0 Å². The van der Waals surface area contributed by atoms with Crippen molar-refractivity contribution in [2.45, 2.75) is 216 Å². The molecule has 8 N–H and O–H groups in total. The number of carbonyl (C=O) groups excluding carboxylic acids is 12. The Hall–Kier alpha value is -7.52. The highest BCUT2D eigenvalue weighted by Gasteiger charge is 2.46. The zero-order valence-electron chi connectivity index (χ0n) is 63.6. The fourth-order valence-corrected chi connectivity index (χ4v) is 12.0. The van der Waals surface area contributed by atoms with Crippen LogP contribution in [-0.2, 0) is 57.5 Å². The smallest absolute Gasteiger partial charge is 0.251 e. The maximum absolute atomic E-state index is 15.5. The minimum atomic E-state index is -1.71. The largest absolute Gasteiger partial charge is 0.390 e. The number of allylic oxidation sites excluding steroid dienone is 1. The fourth-order valence-electron chi connectivity index (χ4n) is 12.0. The number of hydrogen-bond donors (Lipinski definition) is 7. The van der Waals surface area contributed by atoms with Crippen molar-refractivity contribution in [1.29, 1.82) is 0 Å². The zero-order valence-corrected chi connectivity index (χ0v) is 63.6. The maximum Gasteiger partial charge on any atom is 0.251 e. The van der Waals surface area contributed by atoms with E-state index in [1.54, 1.807) is 78.0 Å². The molecule has 1 aliphatic rings. The highest BCUT2D eigenvalue weighted by molar-refractivity contribution is 6.00. The summed E-state index contributed by atoms with van der Waals surface area (Å²) in [7, 11) is 9.82. The predicted octanol–water partition coefficient (Wildman–Crippen LogP) is 3.11. The topological polar surface area (TPSA) is 343 Å². The summed E-state index contributed by atoms with van der Waals surface area (Å²) in [5.74, 6) is -10.7. The van der Waals surface area contributed by atoms with E-state index < -0.39 is 156 Å². The quantitative estimate of drug-likeness (QED) is 0.0821. The van der Waals surface area contributed by atoms with Crippen molar-refractivity contribution < 1.29 is 67.4 Å². The van der Waals surface area contributed by atoms with Gasteiger partial charge in [-0.25, -0.2) is 0 Å². The van der Waals surface area contributed by atoms with Crippen LogP contribution in [-0.4, -0.2) is 259 Å². The Morgan fingerprint density at radius 1 is 0.545 bits per heavy atom. The Labute approximate surface area is 589 Å². The molecule has 1 unspecified atom stereocenters. The summed E-state index contributed by atoms with van der Waals surface area (Å²) in [5.41, 5.74) is 6.61. The summed E-state index contributed by atoms with van der Waals surface area (Å²) in [4.78, 5) is 183. The van der Waals surface area contributed by atoms with Gasteiger partial charge in [0, 0.05) is 68.0 Å². The van der Waals surface area contributed by atoms with Gasteiger partial charge in [-0.2, -0.15) is 0 Å². The third kappa shape index (κ3) is 25.9. The first-order valence-corrected chi connectivity index (χ1v) is 35.1. The number of aliphatic hydroxyl groups is 1. The number of benzene rings is 1. The number of carbonyl (C=O) groups is 12. The first kappa shape index (κ1) is 87.6. The molecule has 560 valence electrons. The molecular formula is C72H123N13O14. The second kappa shape index (κ2) is 41.3. The first-order chi connectivity index (χ1) is 46.1. The number of hydrogen-bond acceptors (Lipinski definition) is 15. The van der Waals surface area contributed by atoms with Crippen LogP contribution in [0, 0.1) is 41.4 Å². The summed E-state index contributed by atoms with van der Waals surface area (Å²) >= 11 is 0. The zero-order chi connectivity index (χ0) is 75.8. The van der Waals surface area contributed by atoms with Crippen molar-refractivity contribution in [3.05, 3.63) is 41.5 Å². The molecule has 12 amide bonds. The number of nitrogens with zero attached hydrogens (tertiary/aromatic N) is 7. The van der Waals surface area contributed by atoms with Crippen LogP contribution in [0.2, 0.25) is 0 Å². The Kier molecular flexibility index (Phi) is 36.5. The number of ether oxygens (including phenoxy) is 1. The van der Waals surface area contributed by atoms with Crippen molar-refractivity contribution in [2.75, 3.05) is 82.2 Å². The molecule has 1 heterocycles. The van der Waals surface area contributed by atoms with E-state index in [0.29, 0.717) is 37.4 Å². The summed E-state index contributed by atoms with van der Waals surface area (Å²) < 4.78 is 5.34. The molecule has 2 rings (SSSR count). The third-order valence-electron chi connectivity index (χ3n) is 18.1. The monoisotopic (exact) mass is 1390 g/mol. The molecule has 1 aromatic rings. The summed E-state index contributed by atoms with van der Waals surface area (Å²) in [6.45, 7) is 28.6. The van der Waals surface area contributed by atoms with Crippen LogP contribution < -0.4 is 32.3 Å². The molecule has 0 radical (unpaired) electrons. The number of likely N-dealkylation sites (N-methyl/N-ethyl adjacent to an activating group) is 7. The molecule has 1 aromatic carbocycles. The Morgan fingerprint density at radius 2 is 1.01 bits per heavy atom. The Morgan fingerprint density at radius 3 is 1.51 bits per heavy atom. The van der Waals surface area contributed by atoms with Gasteiger partial charge in [0.15, 0.2) is 0 Å². The lowest BCUT2D eigenvalue weighted by Crippen LogP contribution is -2.63. The van der Waals surface area contributed by atoms with Gasteiger partial charge in [-0.15, -0.1) is 0 Å². The molecule has 0 saturated carbocycles. The highest BCUT2D eigenvalue weighted by Crippen LogP contribution is 2.26. The highest BCUT2D eigenvalue weighted by atomic mass is 16.5. The van der Waals surface area contributed by atoms with Crippen LogP contribution in [0.25, 0.3) is 6.08 Å². The lowest BCUT2D eigenvalue weighted by atomic mass is 9.91. The van der Waals surface area contributed by atoms with Crippen LogP contribution in [0.4, 0.5) is 0 Å². The van der Waals surface area contributed by atoms with Gasteiger partial charge in [-0.3, -0.25) is 57.5 Å². The van der Waals surface area contributed by atoms with Crippen LogP contribution >= 0.6 is 0 Å². The van der Waals surface area contributed by atoms with Gasteiger partial charge in [0.05, 0.1) is 25.9 Å². The third-order valence-corrected chi connectivity index (χ3v) is 18.1. The van der Waals surface area contributed by atoms with E-state index in [2.05, 4.69) is 26.6 Å². The fraction of sp³-hybridized carbons (Fsp3) is 0.722. The second-order valence-electron chi connectivity index (χ2n) is 29.2. The normalized spacial score (nSPS) is 24.7. The van der Waals surface area contributed by atoms with Crippen molar-refractivity contribution >= 4 is 77.0 Å². The van der Waals surface area contributed by atoms with Crippen LogP contribution in [0.3, 0.4) is 0 Å². The van der Waals surface area contributed by atoms with Gasteiger partial charge in [0.25, 0.3) is 5.91 Å². The molecule has 1 saturated heterocycles. The van der Waals surface area contributed by atoms with Crippen molar-refractivity contribution in [3.63, 3.8) is 0 Å². The number of nitrogens with one attached hydrogen (secondary N) is 5. The van der Waals surface area contributed by atoms with Gasteiger partial charge >= 0.3 is 0 Å². The SMILES string of the molecule is CC[C@@H]1NC(=O)[C@H]([C@H](O)[C@H](C)C/C=C/c2ccc(C(=O)NCCOCCN)cc2)N(C)C(=O)[C@H](C(C)C)N(C)C(=O)C(CC(C)C)N(C)C(=O)[C@H](CC(C)C)N(C)C(=O)[C@@H](C)NC(=O)[C@H](C)NC(=O)[C@H](CC(C)C)N(C)C(=O)[C@H](C(C)C)NC(=O)[C@H](CC(C)C)N(C)C(=O)CN(C)C1=O. The lowest BCUT2D eigenvalue weighted by molar-refractivity contribution is -0.157. The van der Waals surface area contributed by atoms with Gasteiger partial charge in [-0.1, -0.05) is 121 Å². The second-order valence-corrected chi connectivity index (χ2v) is 29.2. The van der Waals surface area contributed by atoms with E-state index in [-0.39, 0.29) is 68.1 Å². The molecule has 0 aliphatic carbocycles. The summed E-state index contributed by atoms with van der Waals surface area (Å²) in [5, 5.41) is 26.3. The minimum Gasteiger partial charge on any atom is -0.390 e. The van der Waals surface area contributed by atoms with E-state index in [9.17, 15) is 43.5 Å². The lowest BCUT2D eigenvalue weighted by Gasteiger charge is -2.41. The Bertz CT molecular complexity index is 2900. The predicted molar refractivity (Wildman–Crippen MR) is 381 cm³/mol. The Balaban J connectivity index is 2.96. The minimum absolute atomic E-state index is 0.0249. The average molecular weight is 1390 g/mol. The standard InChI is InChI=1S/C72H123N13O14/c1-24-52-68(94)79(17)40-57(86)80(18)53(36-41(2)3)65(91)78-58(45(10)11)71(97)81(19)54(37-42(4)5)64(90)75-48(15)62(88)76-49(16)67(93)82(20)55(38-43(6)7)69(95)83(21)56(39-44(8)9)70(96)84(22)59(46(12)13)72(98)85(23)60(66(92)77-52)61(87)47(14)26-25-27-50-28-30-51(31-29-50)63(89)74-33-35-99-34-32-73/h25,27-31,41-49,52-56,58-61,87H,24,26,32-40,73H2,1-23H3,(H,74,89)(H,75,90)(H,76,88)(H,77,92)(H,78,91)/b27-25+/t47-,48+,49-,52+,53+,54+,55+,56?,58+,59+,60+,61-/m1/s1. The van der Waals surface area contributed by atoms with Crippen LogP contribution in [0.15, 0.2) is 30.3 Å². The molecular weight excluding hydrogens is 1270 g/mol. The van der Waals surface area contributed by atoms with Crippen LogP contribution in [0.5, 0.6) is 0 Å². The molecule has 27 heteroatoms. The van der Waals surface area contributed by atoms with E-state index in [1.165, 1.54) is 87.7 Å². The van der Waals surface area contributed by atoms with E-state index >= 15 is 19.2 Å². The summed E-state index contributed by atoms with van der Waals surface area (Å²) in [6, 6.07) is -5.98. The van der Waals surface area contributed by atoms with E-state index in [1.807, 2.05) is 55.4 Å². The molecule has 1 fully saturated rings. The first-order valence-electron chi connectivity index (χ1n) is 35.1. The summed E-state index contributed by atoms with van der Waals surface area (Å²) in [6.07, 6.45) is 2.56. The maximum atomic E-state index is 15.5. The molecule has 0 aromatic heterocycles. The van der Waals surface area contributed by atoms with E-state index in [4.69, 9.17) is 10.5 Å². The molecule has 0 bridgehead atoms. The van der Waals surface area contributed by atoms with Crippen LogP contribution in [0.1, 0.15) is 165 Å². The number of aliphatic hydroxyl groups excluding tert-OH is 1. The molecule has 12 atom stereocenters. The average Bonchev–Trinajstić information content (AvgIpc) is 0.805. The van der Waals surface area contributed by atoms with Crippen molar-refractivity contribution in [1.82, 2.24) is 60.9 Å². The van der Waals surface area contributed by atoms with Crippen molar-refractivity contribution in [2.24, 2.45) is 47.2 Å². The number of nitrogens with two attached hydrogens (primary N) is 1. The number of rotatable bonds is 22. The number of amides is 12. The van der Waals surface area contributed by atoms with Gasteiger partial charge in [0.2, 0.25) is 65.0 Å². The van der Waals surface area contributed by atoms with Gasteiger partial charge < -0.3 is 76.5 Å². The van der Waals surface area contributed by atoms with Gasteiger partial charge in [0.1, 0.15) is 60.4 Å². The molecule has 1 aliphatic heterocycles. The van der Waals surface area contributed by atoms with E-state index in [0.717, 1.165) is 9.80 Å². The molecule has 0 spiro atoms.